The molecule has 0 fully saturated rings. The topological polar surface area (TPSA) is 43.1 Å². The molecule has 0 spiro atoms. The summed E-state index contributed by atoms with van der Waals surface area (Å²) in [6.07, 6.45) is 3.42. The van der Waals surface area contributed by atoms with Crippen LogP contribution >= 0.6 is 23.4 Å². The molecule has 0 saturated carbocycles. The highest BCUT2D eigenvalue weighted by Crippen LogP contribution is 2.25. The molecule has 0 bridgehead atoms. The SMILES string of the molecule is CC(C)c1ccc(/C=N\n2cnnc2SCc2ccccc2Cl)cc1. The van der Waals surface area contributed by atoms with E-state index in [1.807, 2.05) is 30.5 Å². The van der Waals surface area contributed by atoms with Gasteiger partial charge in [0.2, 0.25) is 5.16 Å². The minimum Gasteiger partial charge on any atom is -0.195 e. The van der Waals surface area contributed by atoms with E-state index >= 15 is 0 Å². The highest BCUT2D eigenvalue weighted by atomic mass is 35.5. The van der Waals surface area contributed by atoms with E-state index in [1.54, 1.807) is 22.8 Å². The predicted octanol–water partition coefficient (Wildman–Crippen LogP) is 5.23. The smallest absolute Gasteiger partial charge is 0.195 e. The van der Waals surface area contributed by atoms with Crippen molar-refractivity contribution in [3.8, 4) is 0 Å². The second kappa shape index (κ2) is 8.32. The van der Waals surface area contributed by atoms with Crippen LogP contribution in [0.2, 0.25) is 5.02 Å². The second-order valence-corrected chi connectivity index (χ2v) is 7.25. The fourth-order valence-electron chi connectivity index (χ4n) is 2.25. The minimum atomic E-state index is 0.525. The highest BCUT2D eigenvalue weighted by Gasteiger charge is 2.06. The molecule has 0 amide bonds. The molecule has 3 rings (SSSR count). The lowest BCUT2D eigenvalue weighted by atomic mass is 10.0. The fraction of sp³-hybridized carbons (Fsp3) is 0.211. The Hall–Kier alpha value is -2.11. The fourth-order valence-corrected chi connectivity index (χ4v) is 3.40. The maximum absolute atomic E-state index is 6.19. The van der Waals surface area contributed by atoms with E-state index < -0.39 is 0 Å². The average Bonchev–Trinajstić information content (AvgIpc) is 3.07. The molecule has 0 aliphatic rings. The summed E-state index contributed by atoms with van der Waals surface area (Å²) in [7, 11) is 0. The zero-order valence-electron chi connectivity index (χ0n) is 14.1. The Kier molecular flexibility index (Phi) is 5.89. The van der Waals surface area contributed by atoms with Crippen LogP contribution in [0.4, 0.5) is 0 Å². The zero-order chi connectivity index (χ0) is 17.6. The van der Waals surface area contributed by atoms with Gasteiger partial charge in [0.1, 0.15) is 6.33 Å². The molecule has 0 N–H and O–H groups in total. The van der Waals surface area contributed by atoms with Crippen molar-refractivity contribution in [3.05, 3.63) is 76.6 Å². The lowest BCUT2D eigenvalue weighted by Gasteiger charge is -2.05. The molecule has 6 heteroatoms. The number of halogens is 1. The van der Waals surface area contributed by atoms with Gasteiger partial charge in [0.05, 0.1) is 6.21 Å². The first kappa shape index (κ1) is 17.7. The van der Waals surface area contributed by atoms with Crippen LogP contribution in [-0.4, -0.2) is 21.1 Å². The van der Waals surface area contributed by atoms with Crippen molar-refractivity contribution in [2.45, 2.75) is 30.7 Å². The van der Waals surface area contributed by atoms with Gasteiger partial charge in [-0.15, -0.1) is 10.2 Å². The number of thioether (sulfide) groups is 1. The van der Waals surface area contributed by atoms with Crippen molar-refractivity contribution in [1.82, 2.24) is 14.9 Å². The van der Waals surface area contributed by atoms with Crippen molar-refractivity contribution in [2.75, 3.05) is 0 Å². The summed E-state index contributed by atoms with van der Waals surface area (Å²) in [6, 6.07) is 16.2. The summed E-state index contributed by atoms with van der Waals surface area (Å²) in [4.78, 5) is 0. The molecule has 1 aromatic heterocycles. The maximum atomic E-state index is 6.19. The summed E-state index contributed by atoms with van der Waals surface area (Å²) >= 11 is 7.75. The summed E-state index contributed by atoms with van der Waals surface area (Å²) in [5.74, 6) is 1.24. The highest BCUT2D eigenvalue weighted by molar-refractivity contribution is 7.98. The van der Waals surface area contributed by atoms with Gasteiger partial charge in [-0.25, -0.2) is 0 Å². The van der Waals surface area contributed by atoms with E-state index in [2.05, 4.69) is 53.4 Å². The summed E-state index contributed by atoms with van der Waals surface area (Å²) in [5.41, 5.74) is 3.43. The molecule has 0 saturated heterocycles. The lowest BCUT2D eigenvalue weighted by molar-refractivity contribution is 0.767. The third-order valence-electron chi connectivity index (χ3n) is 3.75. The number of nitrogens with zero attached hydrogens (tertiary/aromatic N) is 4. The van der Waals surface area contributed by atoms with E-state index in [9.17, 15) is 0 Å². The van der Waals surface area contributed by atoms with Gasteiger partial charge in [-0.05, 0) is 28.7 Å². The molecule has 3 aromatic rings. The molecule has 25 heavy (non-hydrogen) atoms. The van der Waals surface area contributed by atoms with Crippen molar-refractivity contribution >= 4 is 29.6 Å². The van der Waals surface area contributed by atoms with Gasteiger partial charge in [-0.2, -0.15) is 9.78 Å². The molecule has 0 aliphatic heterocycles. The van der Waals surface area contributed by atoms with Crippen molar-refractivity contribution < 1.29 is 0 Å². The molecule has 0 aliphatic carbocycles. The van der Waals surface area contributed by atoms with Gasteiger partial charge >= 0.3 is 0 Å². The monoisotopic (exact) mass is 370 g/mol. The van der Waals surface area contributed by atoms with Crippen LogP contribution in [0.1, 0.15) is 36.5 Å². The average molecular weight is 371 g/mol. The zero-order valence-corrected chi connectivity index (χ0v) is 15.7. The Morgan fingerprint density at radius 2 is 1.92 bits per heavy atom. The number of aromatic nitrogens is 3. The van der Waals surface area contributed by atoms with Gasteiger partial charge in [-0.3, -0.25) is 0 Å². The third kappa shape index (κ3) is 4.71. The van der Waals surface area contributed by atoms with Crippen LogP contribution < -0.4 is 0 Å². The van der Waals surface area contributed by atoms with Crippen molar-refractivity contribution in [3.63, 3.8) is 0 Å². The predicted molar refractivity (Wildman–Crippen MR) is 105 cm³/mol. The Morgan fingerprint density at radius 1 is 1.16 bits per heavy atom. The number of rotatable bonds is 6. The Balaban J connectivity index is 1.68. The van der Waals surface area contributed by atoms with E-state index in [1.165, 1.54) is 5.56 Å². The van der Waals surface area contributed by atoms with Gasteiger partial charge in [0.15, 0.2) is 0 Å². The number of hydrogen-bond acceptors (Lipinski definition) is 4. The van der Waals surface area contributed by atoms with Crippen LogP contribution in [0.5, 0.6) is 0 Å². The van der Waals surface area contributed by atoms with Crippen LogP contribution in [0.15, 0.2) is 65.1 Å². The van der Waals surface area contributed by atoms with Gasteiger partial charge in [0, 0.05) is 10.8 Å². The number of benzene rings is 2. The first-order chi connectivity index (χ1) is 12.1. The van der Waals surface area contributed by atoms with E-state index in [-0.39, 0.29) is 0 Å². The third-order valence-corrected chi connectivity index (χ3v) is 5.10. The summed E-state index contributed by atoms with van der Waals surface area (Å²) < 4.78 is 1.68. The van der Waals surface area contributed by atoms with Crippen LogP contribution in [0.3, 0.4) is 0 Å². The largest absolute Gasteiger partial charge is 0.212 e. The molecule has 0 unspecified atom stereocenters. The second-order valence-electron chi connectivity index (χ2n) is 5.90. The van der Waals surface area contributed by atoms with Crippen LogP contribution in [0.25, 0.3) is 0 Å². The molecule has 0 atom stereocenters. The Bertz CT molecular complexity index is 856. The first-order valence-corrected chi connectivity index (χ1v) is 9.40. The summed E-state index contributed by atoms with van der Waals surface area (Å²) in [6.45, 7) is 4.37. The molecular formula is C19H19ClN4S. The minimum absolute atomic E-state index is 0.525. The molecule has 4 nitrogen and oxygen atoms in total. The normalized spacial score (nSPS) is 11.5. The Morgan fingerprint density at radius 3 is 2.64 bits per heavy atom. The number of hydrogen-bond donors (Lipinski definition) is 0. The van der Waals surface area contributed by atoms with E-state index in [0.29, 0.717) is 5.92 Å². The quantitative estimate of drug-likeness (QED) is 0.440. The van der Waals surface area contributed by atoms with Gasteiger partial charge < -0.3 is 0 Å². The lowest BCUT2D eigenvalue weighted by Crippen LogP contribution is -1.94. The van der Waals surface area contributed by atoms with Gasteiger partial charge in [0.25, 0.3) is 0 Å². The van der Waals surface area contributed by atoms with E-state index in [0.717, 1.165) is 27.1 Å². The summed E-state index contributed by atoms with van der Waals surface area (Å²) in [5, 5.41) is 14.0. The van der Waals surface area contributed by atoms with Crippen molar-refractivity contribution in [2.24, 2.45) is 5.10 Å². The van der Waals surface area contributed by atoms with E-state index in [4.69, 9.17) is 11.6 Å². The Labute approximate surface area is 156 Å². The van der Waals surface area contributed by atoms with Gasteiger partial charge in [-0.1, -0.05) is 79.7 Å². The first-order valence-electron chi connectivity index (χ1n) is 8.04. The molecule has 128 valence electrons. The molecular weight excluding hydrogens is 352 g/mol. The molecule has 2 aromatic carbocycles. The maximum Gasteiger partial charge on any atom is 0.212 e. The standard InChI is InChI=1S/C19H19ClN4S/c1-14(2)16-9-7-15(8-10-16)11-22-24-13-21-23-19(24)25-12-17-5-3-4-6-18(17)20/h3-11,13-14H,12H2,1-2H3/b22-11-. The molecule has 0 radical (unpaired) electrons. The van der Waals surface area contributed by atoms with Crippen molar-refractivity contribution in [1.29, 1.82) is 0 Å². The van der Waals surface area contributed by atoms with Crippen LogP contribution in [-0.2, 0) is 5.75 Å². The van der Waals surface area contributed by atoms with Crippen LogP contribution in [0, 0.1) is 0 Å². The molecule has 1 heterocycles.